The van der Waals surface area contributed by atoms with E-state index in [9.17, 15) is 19.8 Å². The number of aliphatic hydroxyl groups is 1. The Labute approximate surface area is 156 Å². The molecule has 0 aliphatic carbocycles. The molecular formula is C20H20N2O5. The maximum Gasteiger partial charge on any atom is 0.295 e. The molecule has 0 saturated carbocycles. The van der Waals surface area contributed by atoms with Gasteiger partial charge in [-0.2, -0.15) is 0 Å². The molecule has 4 N–H and O–H groups in total. The third kappa shape index (κ3) is 3.24. The van der Waals surface area contributed by atoms with Crippen LogP contribution >= 0.6 is 0 Å². The number of ketones is 1. The molecule has 1 aliphatic rings. The monoisotopic (exact) mass is 368 g/mol. The summed E-state index contributed by atoms with van der Waals surface area (Å²) in [5.74, 6) is -1.63. The summed E-state index contributed by atoms with van der Waals surface area (Å²) in [6, 6.07) is 12.2. The van der Waals surface area contributed by atoms with Gasteiger partial charge in [0.15, 0.2) is 11.5 Å². The summed E-state index contributed by atoms with van der Waals surface area (Å²) in [7, 11) is 1.40. The van der Waals surface area contributed by atoms with Crippen LogP contribution in [0.1, 0.15) is 17.2 Å². The van der Waals surface area contributed by atoms with Gasteiger partial charge in [0, 0.05) is 18.7 Å². The van der Waals surface area contributed by atoms with E-state index in [1.165, 1.54) is 24.1 Å². The van der Waals surface area contributed by atoms with Crippen molar-refractivity contribution in [1.82, 2.24) is 4.90 Å². The lowest BCUT2D eigenvalue weighted by atomic mass is 9.95. The summed E-state index contributed by atoms with van der Waals surface area (Å²) < 4.78 is 5.13. The molecule has 0 bridgehead atoms. The molecule has 3 rings (SSSR count). The maximum absolute atomic E-state index is 12.7. The summed E-state index contributed by atoms with van der Waals surface area (Å²) in [4.78, 5) is 26.5. The van der Waals surface area contributed by atoms with E-state index in [2.05, 4.69) is 0 Å². The number of likely N-dealkylation sites (tertiary alicyclic amines) is 1. The van der Waals surface area contributed by atoms with Gasteiger partial charge in [-0.25, -0.2) is 0 Å². The number of amides is 1. The average molecular weight is 368 g/mol. The van der Waals surface area contributed by atoms with Gasteiger partial charge in [-0.3, -0.25) is 9.59 Å². The Morgan fingerprint density at radius 3 is 2.52 bits per heavy atom. The van der Waals surface area contributed by atoms with Gasteiger partial charge < -0.3 is 25.6 Å². The van der Waals surface area contributed by atoms with Gasteiger partial charge in [-0.05, 0) is 17.7 Å². The number of carbonyl (C=O) groups excluding carboxylic acids is 2. The number of aromatic hydroxyl groups is 1. The lowest BCUT2D eigenvalue weighted by molar-refractivity contribution is -0.139. The van der Waals surface area contributed by atoms with E-state index in [4.69, 9.17) is 10.5 Å². The van der Waals surface area contributed by atoms with Crippen LogP contribution in [-0.2, 0) is 9.59 Å². The van der Waals surface area contributed by atoms with E-state index in [1.54, 1.807) is 36.4 Å². The van der Waals surface area contributed by atoms with Crippen LogP contribution in [0.5, 0.6) is 11.5 Å². The molecule has 1 amide bonds. The van der Waals surface area contributed by atoms with Gasteiger partial charge in [-0.1, -0.05) is 36.4 Å². The second-order valence-electron chi connectivity index (χ2n) is 6.08. The number of nitrogens with zero attached hydrogens (tertiary/aromatic N) is 1. The van der Waals surface area contributed by atoms with E-state index in [0.717, 1.165) is 0 Å². The highest BCUT2D eigenvalue weighted by Crippen LogP contribution is 2.41. The van der Waals surface area contributed by atoms with Crippen molar-refractivity contribution >= 4 is 17.4 Å². The molecule has 7 nitrogen and oxygen atoms in total. The molecule has 1 unspecified atom stereocenters. The van der Waals surface area contributed by atoms with Crippen LogP contribution in [0.25, 0.3) is 5.76 Å². The highest BCUT2D eigenvalue weighted by atomic mass is 16.5. The smallest absolute Gasteiger partial charge is 0.295 e. The highest BCUT2D eigenvalue weighted by molar-refractivity contribution is 6.46. The first-order chi connectivity index (χ1) is 13.0. The summed E-state index contributed by atoms with van der Waals surface area (Å²) in [5, 5.41) is 20.6. The quantitative estimate of drug-likeness (QED) is 0.421. The van der Waals surface area contributed by atoms with Crippen molar-refractivity contribution in [2.24, 2.45) is 5.73 Å². The highest BCUT2D eigenvalue weighted by Gasteiger charge is 2.45. The lowest BCUT2D eigenvalue weighted by Gasteiger charge is -2.25. The molecular weight excluding hydrogens is 348 g/mol. The molecule has 7 heteroatoms. The van der Waals surface area contributed by atoms with Crippen molar-refractivity contribution < 1.29 is 24.5 Å². The first kappa shape index (κ1) is 18.5. The van der Waals surface area contributed by atoms with Gasteiger partial charge in [0.1, 0.15) is 5.76 Å². The number of nitrogens with two attached hydrogens (primary N) is 1. The van der Waals surface area contributed by atoms with Crippen molar-refractivity contribution in [2.75, 3.05) is 20.2 Å². The molecule has 27 heavy (non-hydrogen) atoms. The standard InChI is InChI=1S/C20H20N2O5/c1-27-15-11-13(7-8-14(15)23)17-16(18(24)12-5-3-2-4-6-12)19(25)20(26)22(17)10-9-21/h2-8,11,17,23-24H,9-10,21H2,1H3/b18-16+. The third-order valence-electron chi connectivity index (χ3n) is 4.48. The van der Waals surface area contributed by atoms with Crippen LogP contribution in [-0.4, -0.2) is 47.0 Å². The number of hydrogen-bond acceptors (Lipinski definition) is 6. The van der Waals surface area contributed by atoms with Crippen LogP contribution < -0.4 is 10.5 Å². The largest absolute Gasteiger partial charge is 0.507 e. The van der Waals surface area contributed by atoms with E-state index >= 15 is 0 Å². The molecule has 2 aromatic carbocycles. The van der Waals surface area contributed by atoms with Crippen molar-refractivity contribution in [3.8, 4) is 11.5 Å². The van der Waals surface area contributed by atoms with Crippen LogP contribution in [0, 0.1) is 0 Å². The molecule has 1 saturated heterocycles. The number of carbonyl (C=O) groups is 2. The number of benzene rings is 2. The predicted molar refractivity (Wildman–Crippen MR) is 99.2 cm³/mol. The summed E-state index contributed by atoms with van der Waals surface area (Å²) in [5.41, 5.74) is 6.55. The number of ether oxygens (including phenoxy) is 1. The normalized spacial score (nSPS) is 18.7. The fourth-order valence-electron chi connectivity index (χ4n) is 3.21. The van der Waals surface area contributed by atoms with Gasteiger partial charge >= 0.3 is 0 Å². The zero-order chi connectivity index (χ0) is 19.6. The molecule has 2 aromatic rings. The van der Waals surface area contributed by atoms with Gasteiger partial charge in [0.05, 0.1) is 18.7 Å². The van der Waals surface area contributed by atoms with Crippen molar-refractivity contribution in [3.05, 3.63) is 65.2 Å². The van der Waals surface area contributed by atoms with Gasteiger partial charge in [0.25, 0.3) is 11.7 Å². The van der Waals surface area contributed by atoms with Crippen LogP contribution in [0.4, 0.5) is 0 Å². The lowest BCUT2D eigenvalue weighted by Crippen LogP contribution is -2.34. The molecule has 140 valence electrons. The number of phenolic OH excluding ortho intramolecular Hbond substituents is 1. The minimum atomic E-state index is -0.830. The van der Waals surface area contributed by atoms with Crippen molar-refractivity contribution in [1.29, 1.82) is 0 Å². The SMILES string of the molecule is COc1cc(C2/C(=C(\O)c3ccccc3)C(=O)C(=O)N2CCN)ccc1O. The Kier molecular flexibility index (Phi) is 5.14. The minimum absolute atomic E-state index is 0.0209. The second kappa shape index (κ2) is 7.51. The molecule has 0 spiro atoms. The predicted octanol–water partition coefficient (Wildman–Crippen LogP) is 1.78. The molecule has 1 aliphatic heterocycles. The van der Waals surface area contributed by atoms with Crippen LogP contribution in [0.3, 0.4) is 0 Å². The van der Waals surface area contributed by atoms with E-state index < -0.39 is 17.7 Å². The van der Waals surface area contributed by atoms with Crippen molar-refractivity contribution in [3.63, 3.8) is 0 Å². The average Bonchev–Trinajstić information content (AvgIpc) is 2.94. The van der Waals surface area contributed by atoms with Crippen molar-refractivity contribution in [2.45, 2.75) is 6.04 Å². The van der Waals surface area contributed by atoms with Crippen LogP contribution in [0.15, 0.2) is 54.1 Å². The van der Waals surface area contributed by atoms with E-state index in [0.29, 0.717) is 11.1 Å². The molecule has 0 aromatic heterocycles. The Morgan fingerprint density at radius 1 is 1.19 bits per heavy atom. The Hall–Kier alpha value is -3.32. The number of aliphatic hydroxyl groups excluding tert-OH is 1. The topological polar surface area (TPSA) is 113 Å². The summed E-state index contributed by atoms with van der Waals surface area (Å²) in [6.07, 6.45) is 0. The molecule has 1 heterocycles. The second-order valence-corrected chi connectivity index (χ2v) is 6.08. The zero-order valence-electron chi connectivity index (χ0n) is 14.8. The first-order valence-electron chi connectivity index (χ1n) is 8.40. The third-order valence-corrected chi connectivity index (χ3v) is 4.48. The number of methoxy groups -OCH3 is 1. The van der Waals surface area contributed by atoms with Gasteiger partial charge in [-0.15, -0.1) is 0 Å². The fraction of sp³-hybridized carbons (Fsp3) is 0.200. The first-order valence-corrected chi connectivity index (χ1v) is 8.40. The number of rotatable bonds is 5. The fourth-order valence-corrected chi connectivity index (χ4v) is 3.21. The van der Waals surface area contributed by atoms with E-state index in [1.807, 2.05) is 0 Å². The number of Topliss-reactive ketones (excluding diaryl/α,β-unsaturated/α-hetero) is 1. The number of hydrogen-bond donors (Lipinski definition) is 3. The molecule has 1 fully saturated rings. The summed E-state index contributed by atoms with van der Waals surface area (Å²) in [6.45, 7) is 0.300. The maximum atomic E-state index is 12.7. The Bertz CT molecular complexity index is 908. The Balaban J connectivity index is 2.21. The summed E-state index contributed by atoms with van der Waals surface area (Å²) >= 11 is 0. The molecule has 1 atom stereocenters. The molecule has 0 radical (unpaired) electrons. The number of phenols is 1. The van der Waals surface area contributed by atoms with Crippen LogP contribution in [0.2, 0.25) is 0 Å². The van der Waals surface area contributed by atoms with E-state index in [-0.39, 0.29) is 35.9 Å². The zero-order valence-corrected chi connectivity index (χ0v) is 14.8. The Morgan fingerprint density at radius 2 is 1.89 bits per heavy atom. The van der Waals surface area contributed by atoms with Gasteiger partial charge in [0.2, 0.25) is 0 Å². The minimum Gasteiger partial charge on any atom is -0.507 e.